The lowest BCUT2D eigenvalue weighted by molar-refractivity contribution is -0.118. The van der Waals surface area contributed by atoms with Gasteiger partial charge in [-0.3, -0.25) is 4.79 Å². The highest BCUT2D eigenvalue weighted by molar-refractivity contribution is 5.95. The average molecular weight is 320 g/mol. The van der Waals surface area contributed by atoms with Crippen molar-refractivity contribution in [3.8, 4) is 6.07 Å². The minimum atomic E-state index is -0.462. The van der Waals surface area contributed by atoms with Crippen LogP contribution in [-0.2, 0) is 30.5 Å². The molecular weight excluding hydrogens is 300 g/mol. The Labute approximate surface area is 141 Å². The Bertz CT molecular complexity index is 827. The van der Waals surface area contributed by atoms with E-state index in [0.29, 0.717) is 5.69 Å². The first-order chi connectivity index (χ1) is 11.7. The van der Waals surface area contributed by atoms with E-state index in [1.807, 2.05) is 0 Å². The first-order valence-corrected chi connectivity index (χ1v) is 8.58. The lowest BCUT2D eigenvalue weighted by Gasteiger charge is -2.19. The third-order valence-corrected chi connectivity index (χ3v) is 5.30. The molecule has 0 saturated heterocycles. The second-order valence-electron chi connectivity index (χ2n) is 6.70. The zero-order valence-corrected chi connectivity index (χ0v) is 13.8. The standard InChI is InChI=1S/C19H20N4O/c1-12(23-11-21-10-15(23)9-20)19(24)22-18-16-6-2-4-13(16)8-14-5-3-7-17(14)18/h8,10-12H,2-7H2,1H3,(H,22,24). The minimum Gasteiger partial charge on any atom is -0.324 e. The van der Waals surface area contributed by atoms with Gasteiger partial charge in [-0.1, -0.05) is 6.07 Å². The SMILES string of the molecule is CC(C(=O)Nc1c2c(cc3c1CCC3)CCC2)n1cncc1C#N. The Hall–Kier alpha value is -2.61. The number of benzene rings is 1. The van der Waals surface area contributed by atoms with Crippen LogP contribution in [0.5, 0.6) is 0 Å². The van der Waals surface area contributed by atoms with Gasteiger partial charge in [0, 0.05) is 5.69 Å². The highest BCUT2D eigenvalue weighted by atomic mass is 16.2. The van der Waals surface area contributed by atoms with Gasteiger partial charge in [0.15, 0.2) is 0 Å². The molecule has 1 heterocycles. The van der Waals surface area contributed by atoms with Gasteiger partial charge in [-0.2, -0.15) is 5.26 Å². The predicted molar refractivity (Wildman–Crippen MR) is 90.8 cm³/mol. The molecule has 2 aromatic rings. The van der Waals surface area contributed by atoms with Crippen molar-refractivity contribution >= 4 is 11.6 Å². The highest BCUT2D eigenvalue weighted by Gasteiger charge is 2.26. The molecule has 1 atom stereocenters. The molecule has 2 aliphatic rings. The normalized spacial score (nSPS) is 16.3. The maximum atomic E-state index is 12.8. The number of imidazole rings is 1. The molecule has 24 heavy (non-hydrogen) atoms. The van der Waals surface area contributed by atoms with E-state index in [-0.39, 0.29) is 5.91 Å². The summed E-state index contributed by atoms with van der Waals surface area (Å²) < 4.78 is 1.62. The fourth-order valence-electron chi connectivity index (χ4n) is 4.02. The van der Waals surface area contributed by atoms with Crippen LogP contribution in [0.3, 0.4) is 0 Å². The molecule has 1 aromatic carbocycles. The number of fused-ring (bicyclic) bond motifs is 2. The van der Waals surface area contributed by atoms with Gasteiger partial charge in [0.05, 0.1) is 12.5 Å². The molecule has 2 aliphatic carbocycles. The molecule has 122 valence electrons. The van der Waals surface area contributed by atoms with Crippen LogP contribution in [0.25, 0.3) is 0 Å². The number of anilines is 1. The van der Waals surface area contributed by atoms with Crippen molar-refractivity contribution in [2.75, 3.05) is 5.32 Å². The summed E-state index contributed by atoms with van der Waals surface area (Å²) in [6, 6.07) is 3.97. The van der Waals surface area contributed by atoms with Gasteiger partial charge in [-0.25, -0.2) is 4.98 Å². The largest absolute Gasteiger partial charge is 0.324 e. The predicted octanol–water partition coefficient (Wildman–Crippen LogP) is 2.93. The number of nitrogens with zero attached hydrogens (tertiary/aromatic N) is 3. The fraction of sp³-hybridized carbons (Fsp3) is 0.421. The molecule has 0 saturated carbocycles. The Morgan fingerprint density at radius 3 is 2.54 bits per heavy atom. The van der Waals surface area contributed by atoms with Crippen LogP contribution in [0.2, 0.25) is 0 Å². The molecular formula is C19H20N4O. The molecule has 4 rings (SSSR count). The summed E-state index contributed by atoms with van der Waals surface area (Å²) >= 11 is 0. The molecule has 1 aromatic heterocycles. The first kappa shape index (κ1) is 14.9. The second kappa shape index (κ2) is 5.79. The van der Waals surface area contributed by atoms with Gasteiger partial charge in [-0.05, 0) is 67.7 Å². The number of carbonyl (C=O) groups excluding carboxylic acids is 1. The van der Waals surface area contributed by atoms with Gasteiger partial charge < -0.3 is 9.88 Å². The highest BCUT2D eigenvalue weighted by Crippen LogP contribution is 2.38. The molecule has 1 unspecified atom stereocenters. The summed E-state index contributed by atoms with van der Waals surface area (Å²) in [5.74, 6) is -0.0844. The number of aryl methyl sites for hydroxylation is 2. The molecule has 1 N–H and O–H groups in total. The summed E-state index contributed by atoms with van der Waals surface area (Å²) in [6.07, 6.45) is 9.67. The van der Waals surface area contributed by atoms with E-state index in [1.54, 1.807) is 17.8 Å². The Morgan fingerprint density at radius 1 is 1.25 bits per heavy atom. The van der Waals surface area contributed by atoms with Crippen molar-refractivity contribution < 1.29 is 4.79 Å². The molecule has 1 amide bonds. The zero-order valence-electron chi connectivity index (χ0n) is 13.8. The van der Waals surface area contributed by atoms with Crippen LogP contribution in [-0.4, -0.2) is 15.5 Å². The topological polar surface area (TPSA) is 70.7 Å². The van der Waals surface area contributed by atoms with E-state index in [0.717, 1.165) is 44.2 Å². The van der Waals surface area contributed by atoms with E-state index in [9.17, 15) is 4.79 Å². The number of hydrogen-bond acceptors (Lipinski definition) is 3. The Kier molecular flexibility index (Phi) is 3.61. The van der Waals surface area contributed by atoms with E-state index in [2.05, 4.69) is 22.4 Å². The number of aromatic nitrogens is 2. The molecule has 0 spiro atoms. The quantitative estimate of drug-likeness (QED) is 0.945. The fourth-order valence-corrected chi connectivity index (χ4v) is 4.02. The lowest BCUT2D eigenvalue weighted by Crippen LogP contribution is -2.25. The van der Waals surface area contributed by atoms with Gasteiger partial charge in [0.1, 0.15) is 17.8 Å². The van der Waals surface area contributed by atoms with E-state index >= 15 is 0 Å². The average Bonchev–Trinajstić information content (AvgIpc) is 3.32. The van der Waals surface area contributed by atoms with Crippen molar-refractivity contribution in [1.82, 2.24) is 9.55 Å². The van der Waals surface area contributed by atoms with Crippen molar-refractivity contribution in [3.63, 3.8) is 0 Å². The number of nitrogens with one attached hydrogen (secondary N) is 1. The maximum absolute atomic E-state index is 12.8. The number of rotatable bonds is 3. The number of carbonyl (C=O) groups is 1. The lowest BCUT2D eigenvalue weighted by atomic mass is 9.98. The monoisotopic (exact) mass is 320 g/mol. The number of nitriles is 1. The number of amides is 1. The molecule has 0 radical (unpaired) electrons. The molecule has 5 heteroatoms. The van der Waals surface area contributed by atoms with Crippen LogP contribution in [0.15, 0.2) is 18.6 Å². The molecule has 0 fully saturated rings. The van der Waals surface area contributed by atoms with Gasteiger partial charge in [0.25, 0.3) is 0 Å². The third kappa shape index (κ3) is 2.30. The van der Waals surface area contributed by atoms with Crippen LogP contribution in [0.1, 0.15) is 53.8 Å². The summed E-state index contributed by atoms with van der Waals surface area (Å²) in [6.45, 7) is 1.81. The molecule has 0 bridgehead atoms. The summed E-state index contributed by atoms with van der Waals surface area (Å²) in [5, 5.41) is 12.3. The van der Waals surface area contributed by atoms with Crippen LogP contribution >= 0.6 is 0 Å². The van der Waals surface area contributed by atoms with Crippen molar-refractivity contribution in [2.45, 2.75) is 51.5 Å². The molecule has 5 nitrogen and oxygen atoms in total. The Balaban J connectivity index is 1.67. The van der Waals surface area contributed by atoms with Gasteiger partial charge >= 0.3 is 0 Å². The van der Waals surface area contributed by atoms with Crippen molar-refractivity contribution in [3.05, 3.63) is 46.5 Å². The first-order valence-electron chi connectivity index (χ1n) is 8.58. The van der Waals surface area contributed by atoms with Crippen molar-refractivity contribution in [2.24, 2.45) is 0 Å². The van der Waals surface area contributed by atoms with E-state index < -0.39 is 6.04 Å². The maximum Gasteiger partial charge on any atom is 0.247 e. The molecule has 0 aliphatic heterocycles. The van der Waals surface area contributed by atoms with Crippen LogP contribution < -0.4 is 5.32 Å². The van der Waals surface area contributed by atoms with Gasteiger partial charge in [0.2, 0.25) is 5.91 Å². The number of hydrogen-bond donors (Lipinski definition) is 1. The van der Waals surface area contributed by atoms with Crippen LogP contribution in [0, 0.1) is 11.3 Å². The van der Waals surface area contributed by atoms with Crippen molar-refractivity contribution in [1.29, 1.82) is 5.26 Å². The van der Waals surface area contributed by atoms with E-state index in [4.69, 9.17) is 5.26 Å². The summed E-state index contributed by atoms with van der Waals surface area (Å²) in [4.78, 5) is 16.8. The summed E-state index contributed by atoms with van der Waals surface area (Å²) in [7, 11) is 0. The van der Waals surface area contributed by atoms with Crippen LogP contribution in [0.4, 0.5) is 5.69 Å². The van der Waals surface area contributed by atoms with E-state index in [1.165, 1.54) is 28.5 Å². The minimum absolute atomic E-state index is 0.0844. The second-order valence-corrected chi connectivity index (χ2v) is 6.70. The third-order valence-electron chi connectivity index (χ3n) is 5.30. The van der Waals surface area contributed by atoms with Gasteiger partial charge in [-0.15, -0.1) is 0 Å². The smallest absolute Gasteiger partial charge is 0.247 e. The summed E-state index contributed by atoms with van der Waals surface area (Å²) in [5.41, 5.74) is 6.90. The Morgan fingerprint density at radius 2 is 1.92 bits per heavy atom. The zero-order chi connectivity index (χ0) is 16.7.